The molecule has 5 atom stereocenters. The van der Waals surface area contributed by atoms with E-state index in [4.69, 9.17) is 21.3 Å². The van der Waals surface area contributed by atoms with Crippen LogP contribution in [0.25, 0.3) is 0 Å². The Labute approximate surface area is 148 Å². The summed E-state index contributed by atoms with van der Waals surface area (Å²) in [6, 6.07) is 5.71. The van der Waals surface area contributed by atoms with E-state index < -0.39 is 36.8 Å². The first-order valence-electron chi connectivity index (χ1n) is 8.13. The van der Waals surface area contributed by atoms with Crippen molar-refractivity contribution < 1.29 is 27.8 Å². The van der Waals surface area contributed by atoms with Crippen molar-refractivity contribution in [3.05, 3.63) is 35.4 Å². The lowest BCUT2D eigenvalue weighted by atomic mass is 9.98. The summed E-state index contributed by atoms with van der Waals surface area (Å²) in [5, 5.41) is 14.6. The molecule has 26 heavy (non-hydrogen) atoms. The molecule has 0 aromatic heterocycles. The number of hydrogen-bond donors (Lipinski definition) is 5. The predicted molar refractivity (Wildman–Crippen MR) is 87.8 cm³/mol. The number of hydrogen-bond acceptors (Lipinski definition) is 6. The fourth-order valence-corrected chi connectivity index (χ4v) is 2.69. The Morgan fingerprint density at radius 3 is 2.50 bits per heavy atom. The van der Waals surface area contributed by atoms with E-state index in [0.29, 0.717) is 0 Å². The summed E-state index contributed by atoms with van der Waals surface area (Å²) in [5.41, 5.74) is 12.9. The van der Waals surface area contributed by atoms with E-state index in [9.17, 15) is 18.0 Å². The zero-order valence-electron chi connectivity index (χ0n) is 14.2. The van der Waals surface area contributed by atoms with Crippen LogP contribution in [-0.2, 0) is 16.0 Å². The molecule has 0 radical (unpaired) electrons. The Bertz CT molecular complexity index is 612. The second kappa shape index (κ2) is 8.31. The van der Waals surface area contributed by atoms with Crippen LogP contribution in [0.4, 0.5) is 13.2 Å². The molecule has 1 aromatic carbocycles. The number of carbonyl (C=O) groups is 1. The molecule has 2 rings (SSSR count). The number of alkyl halides is 3. The van der Waals surface area contributed by atoms with Crippen molar-refractivity contribution in [3.8, 4) is 0 Å². The van der Waals surface area contributed by atoms with Crippen LogP contribution in [-0.4, -0.2) is 41.9 Å². The van der Waals surface area contributed by atoms with Gasteiger partial charge in [0.25, 0.3) is 0 Å². The highest BCUT2D eigenvalue weighted by atomic mass is 19.4. The third-order valence-electron chi connectivity index (χ3n) is 4.18. The molecular weight excluding hydrogens is 353 g/mol. The molecule has 7 nitrogen and oxygen atoms in total. The van der Waals surface area contributed by atoms with Crippen LogP contribution in [0.3, 0.4) is 0 Å². The van der Waals surface area contributed by atoms with Crippen LogP contribution in [0.5, 0.6) is 0 Å². The van der Waals surface area contributed by atoms with Gasteiger partial charge in [-0.25, -0.2) is 0 Å². The van der Waals surface area contributed by atoms with Crippen LogP contribution >= 0.6 is 0 Å². The molecule has 0 bridgehead atoms. The predicted octanol–water partition coefficient (Wildman–Crippen LogP) is 0.801. The van der Waals surface area contributed by atoms with Gasteiger partial charge in [0, 0.05) is 12.5 Å². The van der Waals surface area contributed by atoms with Crippen molar-refractivity contribution in [3.63, 3.8) is 0 Å². The zero-order valence-corrected chi connectivity index (χ0v) is 14.2. The largest absolute Gasteiger partial charge is 0.480 e. The van der Waals surface area contributed by atoms with Gasteiger partial charge in [-0.3, -0.25) is 15.4 Å². The molecule has 1 heterocycles. The minimum atomic E-state index is -4.45. The number of nitrogens with two attached hydrogens (primary N) is 2. The molecule has 10 heteroatoms. The highest BCUT2D eigenvalue weighted by Gasteiger charge is 2.40. The third-order valence-corrected chi connectivity index (χ3v) is 4.18. The summed E-state index contributed by atoms with van der Waals surface area (Å²) in [6.07, 6.45) is -7.50. The van der Waals surface area contributed by atoms with Crippen molar-refractivity contribution in [1.29, 1.82) is 0 Å². The van der Waals surface area contributed by atoms with Gasteiger partial charge < -0.3 is 21.3 Å². The van der Waals surface area contributed by atoms with Crippen molar-refractivity contribution in [2.24, 2.45) is 11.5 Å². The normalized spacial score (nSPS) is 26.3. The number of nitrogens with one attached hydrogen (secondary N) is 2. The standard InChI is InChI=1S/C16H23F3N4O3/c1-8(16(17,18)19)26-13-7-12(22-15(21)23-13)10-4-2-9(3-5-10)6-11(20)14(24)25/h2-5,8,11-13,15,22-23H,6-7,20-21H2,1H3,(H,24,25)/t8?,11-,12?,13?,15?/m0/s1. The summed E-state index contributed by atoms with van der Waals surface area (Å²) in [6.45, 7) is 0.949. The average Bonchev–Trinajstić information content (AvgIpc) is 2.54. The number of ether oxygens (including phenoxy) is 1. The maximum Gasteiger partial charge on any atom is 0.414 e. The molecular formula is C16H23F3N4O3. The van der Waals surface area contributed by atoms with Crippen LogP contribution in [0.15, 0.2) is 24.3 Å². The molecule has 0 amide bonds. The SMILES string of the molecule is CC(OC1CC(c2ccc(C[C@H](N)C(=O)O)cc2)NC(N)N1)C(F)(F)F. The van der Waals surface area contributed by atoms with E-state index in [0.717, 1.165) is 18.1 Å². The van der Waals surface area contributed by atoms with Gasteiger partial charge in [0.15, 0.2) is 6.10 Å². The van der Waals surface area contributed by atoms with Gasteiger partial charge >= 0.3 is 12.1 Å². The molecule has 1 fully saturated rings. The smallest absolute Gasteiger partial charge is 0.414 e. The molecule has 0 spiro atoms. The highest BCUT2D eigenvalue weighted by molar-refractivity contribution is 5.73. The van der Waals surface area contributed by atoms with E-state index in [2.05, 4.69) is 10.6 Å². The Balaban J connectivity index is 2.02. The zero-order chi connectivity index (χ0) is 19.5. The molecule has 7 N–H and O–H groups in total. The number of carboxylic acid groups (broad SMARTS) is 1. The summed E-state index contributed by atoms with van der Waals surface area (Å²) < 4.78 is 43.1. The van der Waals surface area contributed by atoms with Gasteiger partial charge in [-0.2, -0.15) is 13.2 Å². The lowest BCUT2D eigenvalue weighted by molar-refractivity contribution is -0.234. The van der Waals surface area contributed by atoms with Crippen molar-refractivity contribution in [2.75, 3.05) is 0 Å². The lowest BCUT2D eigenvalue weighted by Gasteiger charge is -2.37. The monoisotopic (exact) mass is 376 g/mol. The molecule has 1 aromatic rings. The van der Waals surface area contributed by atoms with Crippen LogP contribution in [0.1, 0.15) is 30.5 Å². The first-order chi connectivity index (χ1) is 12.1. The molecule has 1 aliphatic rings. The molecule has 1 saturated heterocycles. The Morgan fingerprint density at radius 2 is 1.96 bits per heavy atom. The van der Waals surface area contributed by atoms with E-state index >= 15 is 0 Å². The fourth-order valence-electron chi connectivity index (χ4n) is 2.69. The van der Waals surface area contributed by atoms with E-state index in [1.54, 1.807) is 24.3 Å². The number of benzene rings is 1. The van der Waals surface area contributed by atoms with E-state index in [1.165, 1.54) is 0 Å². The highest BCUT2D eigenvalue weighted by Crippen LogP contribution is 2.27. The van der Waals surface area contributed by atoms with Crippen LogP contribution in [0.2, 0.25) is 0 Å². The van der Waals surface area contributed by atoms with E-state index in [-0.39, 0.29) is 18.9 Å². The molecule has 1 aliphatic heterocycles. The number of carboxylic acids is 1. The van der Waals surface area contributed by atoms with Gasteiger partial charge in [-0.15, -0.1) is 0 Å². The minimum Gasteiger partial charge on any atom is -0.480 e. The summed E-state index contributed by atoms with van der Waals surface area (Å²) in [5.74, 6) is -1.08. The molecule has 146 valence electrons. The van der Waals surface area contributed by atoms with Gasteiger partial charge in [0.1, 0.15) is 18.6 Å². The van der Waals surface area contributed by atoms with Crippen LogP contribution < -0.4 is 22.1 Å². The average molecular weight is 376 g/mol. The molecule has 0 saturated carbocycles. The van der Waals surface area contributed by atoms with E-state index in [1.807, 2.05) is 0 Å². The maximum absolute atomic E-state index is 12.7. The maximum atomic E-state index is 12.7. The topological polar surface area (TPSA) is 123 Å². The second-order valence-electron chi connectivity index (χ2n) is 6.30. The quantitative estimate of drug-likeness (QED) is 0.498. The molecule has 0 aliphatic carbocycles. The fraction of sp³-hybridized carbons (Fsp3) is 0.562. The Morgan fingerprint density at radius 1 is 1.35 bits per heavy atom. The number of halogens is 3. The first kappa shape index (κ1) is 20.6. The summed E-state index contributed by atoms with van der Waals surface area (Å²) >= 11 is 0. The van der Waals surface area contributed by atoms with Gasteiger partial charge in [0.05, 0.1) is 0 Å². The summed E-state index contributed by atoms with van der Waals surface area (Å²) in [4.78, 5) is 10.8. The second-order valence-corrected chi connectivity index (χ2v) is 6.30. The van der Waals surface area contributed by atoms with Crippen LogP contribution in [0, 0.1) is 0 Å². The van der Waals surface area contributed by atoms with Gasteiger partial charge in [0.2, 0.25) is 0 Å². The number of rotatable bonds is 6. The van der Waals surface area contributed by atoms with Crippen molar-refractivity contribution >= 4 is 5.97 Å². The number of aliphatic carboxylic acids is 1. The summed E-state index contributed by atoms with van der Waals surface area (Å²) in [7, 11) is 0. The Hall–Kier alpha value is -1.72. The van der Waals surface area contributed by atoms with Crippen molar-refractivity contribution in [2.45, 2.75) is 56.6 Å². The first-order valence-corrected chi connectivity index (χ1v) is 8.13. The Kier molecular flexibility index (Phi) is 6.58. The molecule has 4 unspecified atom stereocenters. The third kappa shape index (κ3) is 5.64. The lowest BCUT2D eigenvalue weighted by Crippen LogP contribution is -2.61. The van der Waals surface area contributed by atoms with Crippen molar-refractivity contribution in [1.82, 2.24) is 10.6 Å². The minimum absolute atomic E-state index is 0.184. The van der Waals surface area contributed by atoms with Gasteiger partial charge in [-0.05, 0) is 24.5 Å². The van der Waals surface area contributed by atoms with Gasteiger partial charge in [-0.1, -0.05) is 24.3 Å².